The van der Waals surface area contributed by atoms with Gasteiger partial charge >= 0.3 is 0 Å². The summed E-state index contributed by atoms with van der Waals surface area (Å²) in [6.45, 7) is 5.61. The van der Waals surface area contributed by atoms with Gasteiger partial charge in [-0.2, -0.15) is 0 Å². The molecule has 0 saturated heterocycles. The van der Waals surface area contributed by atoms with Gasteiger partial charge in [-0.25, -0.2) is 4.99 Å². The Morgan fingerprint density at radius 3 is 2.44 bits per heavy atom. The Balaban J connectivity index is 1.55. The summed E-state index contributed by atoms with van der Waals surface area (Å²) in [4.78, 5) is 7.07. The van der Waals surface area contributed by atoms with E-state index in [-0.39, 0.29) is 6.10 Å². The van der Waals surface area contributed by atoms with E-state index < -0.39 is 0 Å². The van der Waals surface area contributed by atoms with Crippen LogP contribution in [0.1, 0.15) is 38.2 Å². The molecule has 1 saturated carbocycles. The van der Waals surface area contributed by atoms with Crippen molar-refractivity contribution in [2.24, 2.45) is 4.99 Å². The van der Waals surface area contributed by atoms with Crippen molar-refractivity contribution >= 4 is 11.6 Å². The molecule has 0 bridgehead atoms. The van der Waals surface area contributed by atoms with Gasteiger partial charge in [-0.1, -0.05) is 24.3 Å². The molecule has 0 atom stereocenters. The van der Waals surface area contributed by atoms with E-state index in [0.29, 0.717) is 12.6 Å². The number of hydrogen-bond acceptors (Lipinski definition) is 3. The maximum atomic E-state index is 9.64. The van der Waals surface area contributed by atoms with Gasteiger partial charge in [0.1, 0.15) is 0 Å². The van der Waals surface area contributed by atoms with E-state index >= 15 is 0 Å². The van der Waals surface area contributed by atoms with Crippen molar-refractivity contribution in [1.29, 1.82) is 0 Å². The number of guanidine groups is 1. The summed E-state index contributed by atoms with van der Waals surface area (Å²) in [5.74, 6) is 0.872. The highest BCUT2D eigenvalue weighted by molar-refractivity contribution is 5.80. The number of rotatable bonds is 5. The smallest absolute Gasteiger partial charge is 0.191 e. The van der Waals surface area contributed by atoms with Gasteiger partial charge in [0.2, 0.25) is 0 Å². The lowest BCUT2D eigenvalue weighted by atomic mass is 9.93. The second-order valence-electron chi connectivity index (χ2n) is 6.89. The van der Waals surface area contributed by atoms with Crippen molar-refractivity contribution < 1.29 is 5.11 Å². The molecule has 25 heavy (non-hydrogen) atoms. The summed E-state index contributed by atoms with van der Waals surface area (Å²) < 4.78 is 0. The Labute approximate surface area is 150 Å². The Bertz CT molecular complexity index is 580. The number of aliphatic imine (C=N–C) groups is 1. The minimum absolute atomic E-state index is 0.123. The SMILES string of the molecule is CCNC(=NCc1ccc(N2CC=CC2)cc1)NC1CCC(O)CC1. The average Bonchev–Trinajstić information content (AvgIpc) is 3.17. The van der Waals surface area contributed by atoms with Gasteiger partial charge in [0.15, 0.2) is 5.96 Å². The second-order valence-corrected chi connectivity index (χ2v) is 6.89. The van der Waals surface area contributed by atoms with E-state index in [2.05, 4.69) is 58.9 Å². The van der Waals surface area contributed by atoms with Gasteiger partial charge in [-0.3, -0.25) is 0 Å². The van der Waals surface area contributed by atoms with Crippen LogP contribution in [0.25, 0.3) is 0 Å². The monoisotopic (exact) mass is 342 g/mol. The van der Waals surface area contributed by atoms with Crippen LogP contribution in [0.4, 0.5) is 5.69 Å². The van der Waals surface area contributed by atoms with Crippen LogP contribution in [0.3, 0.4) is 0 Å². The zero-order valence-corrected chi connectivity index (χ0v) is 15.1. The molecule has 1 aromatic rings. The van der Waals surface area contributed by atoms with Crippen molar-refractivity contribution in [3.8, 4) is 0 Å². The first-order valence-electron chi connectivity index (χ1n) is 9.46. The molecular weight excluding hydrogens is 312 g/mol. The number of benzene rings is 1. The normalized spacial score (nSPS) is 23.8. The van der Waals surface area contributed by atoms with Crippen molar-refractivity contribution in [3.05, 3.63) is 42.0 Å². The summed E-state index contributed by atoms with van der Waals surface area (Å²) in [5, 5.41) is 16.5. The van der Waals surface area contributed by atoms with Gasteiger partial charge in [0.05, 0.1) is 12.6 Å². The van der Waals surface area contributed by atoms with Gasteiger partial charge < -0.3 is 20.6 Å². The van der Waals surface area contributed by atoms with Gasteiger partial charge in [-0.05, 0) is 50.3 Å². The van der Waals surface area contributed by atoms with Crippen molar-refractivity contribution in [2.75, 3.05) is 24.5 Å². The Hall–Kier alpha value is -2.01. The van der Waals surface area contributed by atoms with Gasteiger partial charge in [-0.15, -0.1) is 0 Å². The number of anilines is 1. The van der Waals surface area contributed by atoms with E-state index in [1.54, 1.807) is 0 Å². The molecule has 3 N–H and O–H groups in total. The number of aliphatic hydroxyl groups is 1. The highest BCUT2D eigenvalue weighted by atomic mass is 16.3. The zero-order valence-electron chi connectivity index (χ0n) is 15.1. The highest BCUT2D eigenvalue weighted by Gasteiger charge is 2.19. The molecule has 0 radical (unpaired) electrons. The average molecular weight is 342 g/mol. The second kappa shape index (κ2) is 8.90. The minimum atomic E-state index is -0.123. The fraction of sp³-hybridized carbons (Fsp3) is 0.550. The topological polar surface area (TPSA) is 59.9 Å². The van der Waals surface area contributed by atoms with E-state index in [1.165, 1.54) is 11.3 Å². The maximum Gasteiger partial charge on any atom is 0.191 e. The molecule has 3 rings (SSSR count). The van der Waals surface area contributed by atoms with E-state index in [4.69, 9.17) is 4.99 Å². The van der Waals surface area contributed by atoms with Crippen LogP contribution in [-0.4, -0.2) is 42.8 Å². The van der Waals surface area contributed by atoms with Crippen LogP contribution < -0.4 is 15.5 Å². The van der Waals surface area contributed by atoms with Crippen LogP contribution in [-0.2, 0) is 6.54 Å². The number of hydrogen-bond donors (Lipinski definition) is 3. The molecular formula is C20H30N4O. The first kappa shape index (κ1) is 17.8. The molecule has 5 nitrogen and oxygen atoms in total. The highest BCUT2D eigenvalue weighted by Crippen LogP contribution is 2.19. The molecule has 1 aromatic carbocycles. The molecule has 0 unspecified atom stereocenters. The summed E-state index contributed by atoms with van der Waals surface area (Å²) in [5.41, 5.74) is 2.48. The summed E-state index contributed by atoms with van der Waals surface area (Å²) >= 11 is 0. The minimum Gasteiger partial charge on any atom is -0.393 e. The maximum absolute atomic E-state index is 9.64. The van der Waals surface area contributed by atoms with Crippen molar-refractivity contribution in [1.82, 2.24) is 10.6 Å². The summed E-state index contributed by atoms with van der Waals surface area (Å²) in [7, 11) is 0. The van der Waals surface area contributed by atoms with E-state index in [0.717, 1.165) is 51.3 Å². The molecule has 1 aliphatic heterocycles. The summed E-state index contributed by atoms with van der Waals surface area (Å²) in [6, 6.07) is 9.10. The molecule has 1 heterocycles. The number of nitrogens with zero attached hydrogens (tertiary/aromatic N) is 2. The Morgan fingerprint density at radius 2 is 1.80 bits per heavy atom. The Morgan fingerprint density at radius 1 is 1.12 bits per heavy atom. The number of aliphatic hydroxyl groups excluding tert-OH is 1. The molecule has 2 aliphatic rings. The first-order valence-corrected chi connectivity index (χ1v) is 9.46. The lowest BCUT2D eigenvalue weighted by molar-refractivity contribution is 0.120. The van der Waals surface area contributed by atoms with Crippen LogP contribution >= 0.6 is 0 Å². The first-order chi connectivity index (χ1) is 12.2. The van der Waals surface area contributed by atoms with E-state index in [9.17, 15) is 5.11 Å². The van der Waals surface area contributed by atoms with Crippen molar-refractivity contribution in [2.45, 2.75) is 51.3 Å². The molecule has 0 amide bonds. The Kier molecular flexibility index (Phi) is 6.34. The molecule has 136 valence electrons. The van der Waals surface area contributed by atoms with Gasteiger partial charge in [0.25, 0.3) is 0 Å². The van der Waals surface area contributed by atoms with Gasteiger partial charge in [0, 0.05) is 31.4 Å². The molecule has 0 spiro atoms. The van der Waals surface area contributed by atoms with Crippen LogP contribution in [0, 0.1) is 0 Å². The quantitative estimate of drug-likeness (QED) is 0.437. The summed E-state index contributed by atoms with van der Waals surface area (Å²) in [6.07, 6.45) is 8.05. The predicted octanol–water partition coefficient (Wildman–Crippen LogP) is 2.42. The lowest BCUT2D eigenvalue weighted by Gasteiger charge is -2.27. The molecule has 0 aromatic heterocycles. The lowest BCUT2D eigenvalue weighted by Crippen LogP contribution is -2.45. The largest absolute Gasteiger partial charge is 0.393 e. The van der Waals surface area contributed by atoms with Crippen LogP contribution in [0.5, 0.6) is 0 Å². The molecule has 1 fully saturated rings. The fourth-order valence-corrected chi connectivity index (χ4v) is 3.40. The van der Waals surface area contributed by atoms with Crippen LogP contribution in [0.2, 0.25) is 0 Å². The number of nitrogens with one attached hydrogen (secondary N) is 2. The third-order valence-electron chi connectivity index (χ3n) is 4.92. The third kappa shape index (κ3) is 5.23. The standard InChI is InChI=1S/C20H30N4O/c1-2-21-20(23-17-7-11-19(25)12-8-17)22-15-16-5-9-18(10-6-16)24-13-3-4-14-24/h3-6,9-10,17,19,25H,2,7-8,11-15H2,1H3,(H2,21,22,23). The van der Waals surface area contributed by atoms with Crippen LogP contribution in [0.15, 0.2) is 41.4 Å². The molecule has 1 aliphatic carbocycles. The fourth-order valence-electron chi connectivity index (χ4n) is 3.40. The van der Waals surface area contributed by atoms with E-state index in [1.807, 2.05) is 0 Å². The van der Waals surface area contributed by atoms with Crippen molar-refractivity contribution in [3.63, 3.8) is 0 Å². The third-order valence-corrected chi connectivity index (χ3v) is 4.92. The molecule has 5 heteroatoms. The predicted molar refractivity (Wildman–Crippen MR) is 104 cm³/mol. The zero-order chi connectivity index (χ0) is 17.5.